The summed E-state index contributed by atoms with van der Waals surface area (Å²) in [6.45, 7) is 5.78. The Balaban J connectivity index is 2.39. The van der Waals surface area contributed by atoms with Crippen LogP contribution in [0.15, 0.2) is 29.7 Å². The second kappa shape index (κ2) is 5.46. The van der Waals surface area contributed by atoms with Gasteiger partial charge in [0.2, 0.25) is 0 Å². The van der Waals surface area contributed by atoms with E-state index in [9.17, 15) is 9.59 Å². The number of thiophene rings is 1. The van der Waals surface area contributed by atoms with Gasteiger partial charge in [0.25, 0.3) is 11.8 Å². The molecule has 0 aromatic carbocycles. The lowest BCUT2D eigenvalue weighted by atomic mass is 10.1. The lowest BCUT2D eigenvalue weighted by molar-refractivity contribution is -0.128. The SMILES string of the molecule is C=CCN1C(=O)C(=Cc2sccc2C)C(=O)NC1=S. The molecule has 1 aromatic heterocycles. The van der Waals surface area contributed by atoms with E-state index in [1.54, 1.807) is 12.2 Å². The number of amides is 2. The molecule has 0 radical (unpaired) electrons. The highest BCUT2D eigenvalue weighted by atomic mass is 32.1. The summed E-state index contributed by atoms with van der Waals surface area (Å²) in [5.41, 5.74) is 1.13. The number of hydrogen-bond acceptors (Lipinski definition) is 4. The molecule has 1 saturated heterocycles. The van der Waals surface area contributed by atoms with E-state index >= 15 is 0 Å². The summed E-state index contributed by atoms with van der Waals surface area (Å²) in [7, 11) is 0. The molecule has 98 valence electrons. The topological polar surface area (TPSA) is 49.4 Å². The van der Waals surface area contributed by atoms with E-state index in [0.29, 0.717) is 0 Å². The first kappa shape index (κ1) is 13.6. The Morgan fingerprint density at radius 3 is 2.84 bits per heavy atom. The van der Waals surface area contributed by atoms with Crippen LogP contribution in [0.2, 0.25) is 0 Å². The van der Waals surface area contributed by atoms with Crippen molar-refractivity contribution >= 4 is 46.6 Å². The first-order valence-corrected chi connectivity index (χ1v) is 6.87. The lowest BCUT2D eigenvalue weighted by Crippen LogP contribution is -2.53. The second-order valence-electron chi connectivity index (χ2n) is 3.99. The molecule has 1 aliphatic heterocycles. The minimum absolute atomic E-state index is 0.0981. The van der Waals surface area contributed by atoms with Crippen molar-refractivity contribution in [3.63, 3.8) is 0 Å². The largest absolute Gasteiger partial charge is 0.298 e. The van der Waals surface area contributed by atoms with E-state index < -0.39 is 5.91 Å². The van der Waals surface area contributed by atoms with Crippen LogP contribution >= 0.6 is 23.6 Å². The van der Waals surface area contributed by atoms with Crippen LogP contribution in [0.4, 0.5) is 0 Å². The number of nitrogens with zero attached hydrogens (tertiary/aromatic N) is 1. The Kier molecular flexibility index (Phi) is 3.92. The Hall–Kier alpha value is -1.79. The molecule has 1 aromatic rings. The number of carbonyl (C=O) groups is 2. The van der Waals surface area contributed by atoms with Crippen LogP contribution in [0.1, 0.15) is 10.4 Å². The smallest absolute Gasteiger partial charge is 0.265 e. The van der Waals surface area contributed by atoms with Crippen LogP contribution in [0, 0.1) is 6.92 Å². The first-order valence-electron chi connectivity index (χ1n) is 5.58. The molecule has 19 heavy (non-hydrogen) atoms. The predicted molar refractivity (Wildman–Crippen MR) is 79.7 cm³/mol. The first-order chi connectivity index (χ1) is 9.04. The van der Waals surface area contributed by atoms with E-state index in [1.807, 2.05) is 18.4 Å². The van der Waals surface area contributed by atoms with Crippen molar-refractivity contribution in [2.24, 2.45) is 0 Å². The molecule has 2 rings (SSSR count). The van der Waals surface area contributed by atoms with Crippen LogP contribution < -0.4 is 5.32 Å². The quantitative estimate of drug-likeness (QED) is 0.400. The van der Waals surface area contributed by atoms with Gasteiger partial charge in [-0.15, -0.1) is 17.9 Å². The maximum absolute atomic E-state index is 12.2. The highest BCUT2D eigenvalue weighted by Gasteiger charge is 2.32. The molecule has 0 saturated carbocycles. The number of aryl methyl sites for hydroxylation is 1. The minimum atomic E-state index is -0.455. The van der Waals surface area contributed by atoms with Gasteiger partial charge in [0.1, 0.15) is 5.57 Å². The molecule has 2 amide bonds. The molecule has 0 aliphatic carbocycles. The standard InChI is InChI=1S/C13H12N2O2S2/c1-3-5-15-12(17)9(11(16)14-13(15)18)7-10-8(2)4-6-19-10/h3-4,6-7H,1,5H2,2H3,(H,14,16,18). The molecule has 1 fully saturated rings. The van der Waals surface area contributed by atoms with Crippen LogP contribution in [0.5, 0.6) is 0 Å². The fourth-order valence-electron chi connectivity index (χ4n) is 1.65. The van der Waals surface area contributed by atoms with Gasteiger partial charge in [0, 0.05) is 11.4 Å². The van der Waals surface area contributed by atoms with E-state index in [4.69, 9.17) is 12.2 Å². The van der Waals surface area contributed by atoms with Crippen molar-refractivity contribution in [1.82, 2.24) is 10.2 Å². The van der Waals surface area contributed by atoms with Crippen molar-refractivity contribution < 1.29 is 9.59 Å². The average Bonchev–Trinajstić information content (AvgIpc) is 2.76. The molecule has 6 heteroatoms. The second-order valence-corrected chi connectivity index (χ2v) is 5.32. The number of hydrogen-bond donors (Lipinski definition) is 1. The molecular weight excluding hydrogens is 280 g/mol. The van der Waals surface area contributed by atoms with Crippen LogP contribution in [0.3, 0.4) is 0 Å². The van der Waals surface area contributed by atoms with Crippen LogP contribution in [-0.4, -0.2) is 28.4 Å². The maximum atomic E-state index is 12.2. The summed E-state index contributed by atoms with van der Waals surface area (Å²) in [4.78, 5) is 26.3. The van der Waals surface area contributed by atoms with Crippen molar-refractivity contribution in [1.29, 1.82) is 0 Å². The summed E-state index contributed by atoms with van der Waals surface area (Å²) in [6, 6.07) is 1.94. The molecule has 0 atom stereocenters. The van der Waals surface area contributed by atoms with Gasteiger partial charge in [-0.25, -0.2) is 0 Å². The number of nitrogens with one attached hydrogen (secondary N) is 1. The van der Waals surface area contributed by atoms with Crippen molar-refractivity contribution in [3.8, 4) is 0 Å². The minimum Gasteiger partial charge on any atom is -0.298 e. The molecule has 1 N–H and O–H groups in total. The van der Waals surface area contributed by atoms with Gasteiger partial charge in [0.05, 0.1) is 0 Å². The summed E-state index contributed by atoms with van der Waals surface area (Å²) in [5.74, 6) is -0.843. The Labute approximate surface area is 120 Å². The fourth-order valence-corrected chi connectivity index (χ4v) is 2.76. The molecule has 0 unspecified atom stereocenters. The predicted octanol–water partition coefficient (Wildman–Crippen LogP) is 1.87. The molecule has 0 bridgehead atoms. The summed E-state index contributed by atoms with van der Waals surface area (Å²) >= 11 is 6.46. The number of rotatable bonds is 3. The Bertz CT molecular complexity index is 602. The highest BCUT2D eigenvalue weighted by Crippen LogP contribution is 2.21. The average molecular weight is 292 g/mol. The van der Waals surface area contributed by atoms with Gasteiger partial charge in [-0.05, 0) is 42.2 Å². The van der Waals surface area contributed by atoms with Gasteiger partial charge < -0.3 is 0 Å². The van der Waals surface area contributed by atoms with Crippen molar-refractivity contribution in [2.75, 3.05) is 6.54 Å². The third kappa shape index (κ3) is 2.64. The summed E-state index contributed by atoms with van der Waals surface area (Å²) in [6.07, 6.45) is 3.17. The van der Waals surface area contributed by atoms with Gasteiger partial charge in [-0.1, -0.05) is 6.08 Å². The van der Waals surface area contributed by atoms with Gasteiger partial charge in [-0.2, -0.15) is 0 Å². The monoisotopic (exact) mass is 292 g/mol. The zero-order valence-corrected chi connectivity index (χ0v) is 11.9. The van der Waals surface area contributed by atoms with E-state index in [1.165, 1.54) is 16.2 Å². The highest BCUT2D eigenvalue weighted by molar-refractivity contribution is 7.80. The fraction of sp³-hybridized carbons (Fsp3) is 0.154. The number of carbonyl (C=O) groups excluding carboxylic acids is 2. The van der Waals surface area contributed by atoms with Crippen molar-refractivity contribution in [2.45, 2.75) is 6.92 Å². The molecule has 1 aliphatic rings. The van der Waals surface area contributed by atoms with Crippen molar-refractivity contribution in [3.05, 3.63) is 40.1 Å². The third-order valence-corrected chi connectivity index (χ3v) is 3.96. The van der Waals surface area contributed by atoms with Gasteiger partial charge in [-0.3, -0.25) is 19.8 Å². The molecule has 4 nitrogen and oxygen atoms in total. The third-order valence-electron chi connectivity index (χ3n) is 2.67. The van der Waals surface area contributed by atoms with Crippen LogP contribution in [-0.2, 0) is 9.59 Å². The number of thiocarbonyl (C=S) groups is 1. The normalized spacial score (nSPS) is 17.8. The summed E-state index contributed by atoms with van der Waals surface area (Å²) < 4.78 is 0. The van der Waals surface area contributed by atoms with E-state index in [0.717, 1.165) is 10.4 Å². The lowest BCUT2D eigenvalue weighted by Gasteiger charge is -2.27. The zero-order chi connectivity index (χ0) is 14.0. The maximum Gasteiger partial charge on any atom is 0.265 e. The van der Waals surface area contributed by atoms with E-state index in [2.05, 4.69) is 11.9 Å². The van der Waals surface area contributed by atoms with Gasteiger partial charge in [0.15, 0.2) is 5.11 Å². The molecular formula is C13H12N2O2S2. The van der Waals surface area contributed by atoms with E-state index in [-0.39, 0.29) is 23.1 Å². The zero-order valence-electron chi connectivity index (χ0n) is 10.3. The Morgan fingerprint density at radius 2 is 2.26 bits per heavy atom. The molecule has 0 spiro atoms. The Morgan fingerprint density at radius 1 is 1.53 bits per heavy atom. The summed E-state index contributed by atoms with van der Waals surface area (Å²) in [5, 5.41) is 4.55. The van der Waals surface area contributed by atoms with Gasteiger partial charge >= 0.3 is 0 Å². The molecule has 2 heterocycles. The van der Waals surface area contributed by atoms with Crippen LogP contribution in [0.25, 0.3) is 6.08 Å².